The Bertz CT molecular complexity index is 1600. The van der Waals surface area contributed by atoms with Crippen LogP contribution in [0.4, 0.5) is 10.1 Å². The molecule has 0 saturated carbocycles. The molecule has 0 aliphatic carbocycles. The van der Waals surface area contributed by atoms with Crippen molar-refractivity contribution in [1.82, 2.24) is 15.2 Å². The molecule has 39 heavy (non-hydrogen) atoms. The molecule has 11 heteroatoms. The molecule has 0 atom stereocenters. The quantitative estimate of drug-likeness (QED) is 0.226. The Kier molecular flexibility index (Phi) is 8.72. The summed E-state index contributed by atoms with van der Waals surface area (Å²) in [6.07, 6.45) is 0.361. The smallest absolute Gasteiger partial charge is 0.267 e. The third-order valence-corrected chi connectivity index (χ3v) is 6.24. The maximum Gasteiger partial charge on any atom is 0.267 e. The predicted molar refractivity (Wildman–Crippen MR) is 149 cm³/mol. The van der Waals surface area contributed by atoms with Gasteiger partial charge in [-0.25, -0.2) is 4.39 Å². The molecule has 0 fully saturated rings. The Morgan fingerprint density at radius 2 is 1.90 bits per heavy atom. The standard InChI is InChI=1S/C28H24Cl2FN5O3/c1-36(2)8-7-25(37)34-20-4-6-23-18(11-20)12-24(35-23)28(38)33-15-17-3-5-22(30)27(26(17)31)39-21-10-16(14-32)9-19(29)13-21/h3-6,9-13,35H,7-8,15H2,1-2H3,(H,33,38)(H,34,37). The van der Waals surface area contributed by atoms with Gasteiger partial charge in [0.15, 0.2) is 11.6 Å². The maximum atomic E-state index is 15.3. The lowest BCUT2D eigenvalue weighted by Gasteiger charge is -2.13. The highest BCUT2D eigenvalue weighted by Crippen LogP contribution is 2.35. The zero-order valence-corrected chi connectivity index (χ0v) is 22.6. The van der Waals surface area contributed by atoms with E-state index in [-0.39, 0.29) is 50.8 Å². The average molecular weight is 568 g/mol. The van der Waals surface area contributed by atoms with Gasteiger partial charge >= 0.3 is 0 Å². The van der Waals surface area contributed by atoms with Crippen molar-refractivity contribution in [3.05, 3.63) is 87.3 Å². The Morgan fingerprint density at radius 1 is 1.10 bits per heavy atom. The van der Waals surface area contributed by atoms with Gasteiger partial charge in [-0.2, -0.15) is 5.26 Å². The fraction of sp³-hybridized carbons (Fsp3) is 0.179. The van der Waals surface area contributed by atoms with Crippen molar-refractivity contribution >= 4 is 51.6 Å². The number of fused-ring (bicyclic) bond motifs is 1. The Balaban J connectivity index is 1.45. The van der Waals surface area contributed by atoms with Gasteiger partial charge in [0.25, 0.3) is 5.91 Å². The van der Waals surface area contributed by atoms with E-state index in [0.717, 1.165) is 5.39 Å². The summed E-state index contributed by atoms with van der Waals surface area (Å²) in [5, 5.41) is 15.7. The number of nitrogens with zero attached hydrogens (tertiary/aromatic N) is 2. The van der Waals surface area contributed by atoms with E-state index in [4.69, 9.17) is 33.2 Å². The number of benzene rings is 3. The number of amides is 2. The van der Waals surface area contributed by atoms with Crippen LogP contribution in [0.25, 0.3) is 10.9 Å². The molecule has 1 aromatic heterocycles. The van der Waals surface area contributed by atoms with E-state index >= 15 is 4.39 Å². The normalized spacial score (nSPS) is 10.9. The molecule has 0 saturated heterocycles. The highest BCUT2D eigenvalue weighted by atomic mass is 35.5. The van der Waals surface area contributed by atoms with E-state index in [0.29, 0.717) is 24.2 Å². The molecule has 0 aliphatic heterocycles. The highest BCUT2D eigenvalue weighted by molar-refractivity contribution is 6.32. The number of nitrogens with one attached hydrogen (secondary N) is 3. The second-order valence-corrected chi connectivity index (χ2v) is 9.85. The first-order valence-electron chi connectivity index (χ1n) is 11.8. The maximum absolute atomic E-state index is 15.3. The number of carbonyl (C=O) groups excluding carboxylic acids is 2. The Labute approximate surface area is 234 Å². The van der Waals surface area contributed by atoms with Crippen LogP contribution in [0.5, 0.6) is 11.5 Å². The summed E-state index contributed by atoms with van der Waals surface area (Å²) in [5.74, 6) is -1.42. The number of hydrogen-bond acceptors (Lipinski definition) is 5. The molecule has 8 nitrogen and oxygen atoms in total. The molecule has 0 bridgehead atoms. The van der Waals surface area contributed by atoms with Gasteiger partial charge in [0.05, 0.1) is 16.7 Å². The number of ether oxygens (including phenoxy) is 1. The molecule has 0 radical (unpaired) electrons. The molecule has 2 amide bonds. The number of H-pyrrole nitrogens is 1. The topological polar surface area (TPSA) is 110 Å². The minimum atomic E-state index is -0.757. The summed E-state index contributed by atoms with van der Waals surface area (Å²) in [4.78, 5) is 29.9. The molecule has 0 aliphatic rings. The van der Waals surface area contributed by atoms with Crippen molar-refractivity contribution in [1.29, 1.82) is 5.26 Å². The molecule has 1 heterocycles. The zero-order chi connectivity index (χ0) is 28.1. The van der Waals surface area contributed by atoms with Crippen LogP contribution in [-0.2, 0) is 11.3 Å². The van der Waals surface area contributed by atoms with E-state index < -0.39 is 11.7 Å². The minimum Gasteiger partial charge on any atom is -0.453 e. The molecule has 3 aromatic carbocycles. The van der Waals surface area contributed by atoms with E-state index in [2.05, 4.69) is 15.6 Å². The van der Waals surface area contributed by atoms with E-state index in [9.17, 15) is 9.59 Å². The van der Waals surface area contributed by atoms with Crippen molar-refractivity contribution in [3.63, 3.8) is 0 Å². The first kappa shape index (κ1) is 27.9. The first-order chi connectivity index (χ1) is 18.6. The second kappa shape index (κ2) is 12.2. The van der Waals surface area contributed by atoms with Gasteiger partial charge in [-0.1, -0.05) is 29.3 Å². The van der Waals surface area contributed by atoms with Gasteiger partial charge < -0.3 is 25.3 Å². The van der Waals surface area contributed by atoms with Crippen LogP contribution in [0, 0.1) is 17.1 Å². The SMILES string of the molecule is CN(C)CCC(=O)Nc1ccc2[nH]c(C(=O)NCc3ccc(Cl)c(Oc4cc(Cl)cc(C#N)c4)c3F)cc2c1. The fourth-order valence-corrected chi connectivity index (χ4v) is 4.17. The van der Waals surface area contributed by atoms with Gasteiger partial charge in [-0.3, -0.25) is 9.59 Å². The molecule has 0 unspecified atom stereocenters. The molecule has 3 N–H and O–H groups in total. The van der Waals surface area contributed by atoms with Crippen LogP contribution in [0.1, 0.15) is 28.0 Å². The lowest BCUT2D eigenvalue weighted by atomic mass is 10.2. The summed E-state index contributed by atoms with van der Waals surface area (Å²) >= 11 is 12.2. The molecule has 4 aromatic rings. The lowest BCUT2D eigenvalue weighted by Crippen LogP contribution is -2.23. The summed E-state index contributed by atoms with van der Waals surface area (Å²) < 4.78 is 20.9. The van der Waals surface area contributed by atoms with Crippen LogP contribution in [-0.4, -0.2) is 42.3 Å². The highest BCUT2D eigenvalue weighted by Gasteiger charge is 2.17. The predicted octanol–water partition coefficient (Wildman–Crippen LogP) is 6.10. The Hall–Kier alpha value is -4.10. The minimum absolute atomic E-state index is 0.0151. The van der Waals surface area contributed by atoms with E-state index in [1.165, 1.54) is 30.3 Å². The number of carbonyl (C=O) groups is 2. The fourth-order valence-electron chi connectivity index (χ4n) is 3.76. The van der Waals surface area contributed by atoms with Crippen LogP contribution >= 0.6 is 23.2 Å². The third kappa shape index (κ3) is 7.06. The van der Waals surface area contributed by atoms with Crippen LogP contribution < -0.4 is 15.4 Å². The van der Waals surface area contributed by atoms with Crippen LogP contribution in [0.15, 0.2) is 54.6 Å². The van der Waals surface area contributed by atoms with Crippen molar-refractivity contribution in [2.24, 2.45) is 0 Å². The first-order valence-corrected chi connectivity index (χ1v) is 12.6. The molecule has 4 rings (SSSR count). The van der Waals surface area contributed by atoms with Crippen LogP contribution in [0.3, 0.4) is 0 Å². The third-order valence-electron chi connectivity index (χ3n) is 5.72. The Morgan fingerprint density at radius 3 is 2.64 bits per heavy atom. The van der Waals surface area contributed by atoms with E-state index in [1.807, 2.05) is 25.1 Å². The monoisotopic (exact) mass is 567 g/mol. The number of anilines is 1. The second-order valence-electron chi connectivity index (χ2n) is 9.01. The molecule has 0 spiro atoms. The van der Waals surface area contributed by atoms with Gasteiger partial charge in [-0.15, -0.1) is 0 Å². The van der Waals surface area contributed by atoms with Gasteiger partial charge in [0.2, 0.25) is 5.91 Å². The van der Waals surface area contributed by atoms with Gasteiger partial charge in [0.1, 0.15) is 11.4 Å². The van der Waals surface area contributed by atoms with Crippen molar-refractivity contribution in [3.8, 4) is 17.6 Å². The largest absolute Gasteiger partial charge is 0.453 e. The number of halogens is 3. The molecule has 200 valence electrons. The van der Waals surface area contributed by atoms with Gasteiger partial charge in [0, 0.05) is 46.7 Å². The zero-order valence-electron chi connectivity index (χ0n) is 21.1. The van der Waals surface area contributed by atoms with E-state index in [1.54, 1.807) is 24.3 Å². The summed E-state index contributed by atoms with van der Waals surface area (Å²) in [6, 6.07) is 16.1. The van der Waals surface area contributed by atoms with Gasteiger partial charge in [-0.05, 0) is 62.6 Å². The molecular formula is C28H24Cl2FN5O3. The number of aromatic amines is 1. The lowest BCUT2D eigenvalue weighted by molar-refractivity contribution is -0.116. The van der Waals surface area contributed by atoms with Crippen molar-refractivity contribution in [2.45, 2.75) is 13.0 Å². The van der Waals surface area contributed by atoms with Crippen molar-refractivity contribution < 1.29 is 18.7 Å². The summed E-state index contributed by atoms with van der Waals surface area (Å²) in [7, 11) is 3.79. The number of rotatable bonds is 9. The average Bonchev–Trinajstić information content (AvgIpc) is 3.32. The molecular weight excluding hydrogens is 544 g/mol. The number of aromatic nitrogens is 1. The summed E-state index contributed by atoms with van der Waals surface area (Å²) in [6.45, 7) is 0.493. The number of hydrogen-bond donors (Lipinski definition) is 3. The van der Waals surface area contributed by atoms with Crippen molar-refractivity contribution in [2.75, 3.05) is 26.0 Å². The van der Waals surface area contributed by atoms with Crippen LogP contribution in [0.2, 0.25) is 10.0 Å². The summed E-state index contributed by atoms with van der Waals surface area (Å²) in [5.41, 5.74) is 1.99. The number of nitriles is 1.